The fourth-order valence-corrected chi connectivity index (χ4v) is 3.14. The van der Waals surface area contributed by atoms with Crippen LogP contribution in [-0.4, -0.2) is 23.2 Å². The summed E-state index contributed by atoms with van der Waals surface area (Å²) in [5.41, 5.74) is 3.25. The van der Waals surface area contributed by atoms with E-state index < -0.39 is 10.0 Å². The van der Waals surface area contributed by atoms with Crippen molar-refractivity contribution in [3.8, 4) is 0 Å². The van der Waals surface area contributed by atoms with E-state index in [1.165, 1.54) is 11.9 Å². The van der Waals surface area contributed by atoms with Gasteiger partial charge < -0.3 is 0 Å². The first kappa shape index (κ1) is 16.2. The number of benzene rings is 2. The van der Waals surface area contributed by atoms with E-state index in [9.17, 15) is 8.42 Å². The van der Waals surface area contributed by atoms with Gasteiger partial charge in [-0.1, -0.05) is 47.5 Å². The minimum atomic E-state index is -3.68. The zero-order valence-electron chi connectivity index (χ0n) is 13.5. The highest BCUT2D eigenvalue weighted by atomic mass is 32.2. The van der Waals surface area contributed by atoms with Gasteiger partial charge in [-0.2, -0.15) is 4.98 Å². The average molecular weight is 342 g/mol. The molecule has 0 aliphatic rings. The van der Waals surface area contributed by atoms with Gasteiger partial charge >= 0.3 is 0 Å². The van der Waals surface area contributed by atoms with Crippen LogP contribution in [0.1, 0.15) is 16.7 Å². The monoisotopic (exact) mass is 342 g/mol. The molecule has 7 heteroatoms. The summed E-state index contributed by atoms with van der Waals surface area (Å²) in [7, 11) is -3.68. The van der Waals surface area contributed by atoms with Crippen molar-refractivity contribution in [3.05, 3.63) is 71.5 Å². The summed E-state index contributed by atoms with van der Waals surface area (Å²) in [5, 5.41) is 4.17. The highest BCUT2D eigenvalue weighted by molar-refractivity contribution is 7.92. The fourth-order valence-electron chi connectivity index (χ4n) is 2.19. The quantitative estimate of drug-likeness (QED) is 0.773. The maximum Gasteiger partial charge on any atom is 0.264 e. The van der Waals surface area contributed by atoms with Crippen LogP contribution in [0.15, 0.2) is 59.8 Å². The second-order valence-corrected chi connectivity index (χ2v) is 7.35. The van der Waals surface area contributed by atoms with Crippen molar-refractivity contribution in [1.29, 1.82) is 0 Å². The molecule has 0 saturated carbocycles. The van der Waals surface area contributed by atoms with Crippen molar-refractivity contribution < 1.29 is 8.42 Å². The number of nitrogens with zero attached hydrogens (tertiary/aromatic N) is 3. The number of aromatic nitrogens is 3. The molecule has 1 heterocycles. The van der Waals surface area contributed by atoms with Gasteiger partial charge in [-0.15, -0.1) is 5.10 Å². The Hall–Kier alpha value is -2.67. The molecule has 1 N–H and O–H groups in total. The third-order valence-electron chi connectivity index (χ3n) is 3.56. The number of anilines is 1. The van der Waals surface area contributed by atoms with E-state index in [2.05, 4.69) is 14.8 Å². The fraction of sp³-hybridized carbons (Fsp3) is 0.176. The van der Waals surface area contributed by atoms with Crippen molar-refractivity contribution >= 4 is 16.0 Å². The molecule has 0 fully saturated rings. The molecule has 2 aromatic carbocycles. The van der Waals surface area contributed by atoms with Crippen LogP contribution in [0.2, 0.25) is 0 Å². The van der Waals surface area contributed by atoms with Gasteiger partial charge in [-0.25, -0.2) is 17.8 Å². The number of nitrogens with one attached hydrogen (secondary N) is 1. The van der Waals surface area contributed by atoms with Crippen molar-refractivity contribution in [1.82, 2.24) is 14.8 Å². The Morgan fingerprint density at radius 3 is 2.17 bits per heavy atom. The number of hydrogen-bond acceptors (Lipinski definition) is 4. The normalized spacial score (nSPS) is 11.4. The molecule has 0 bridgehead atoms. The lowest BCUT2D eigenvalue weighted by Crippen LogP contribution is -2.14. The maximum absolute atomic E-state index is 12.3. The summed E-state index contributed by atoms with van der Waals surface area (Å²) in [6, 6.07) is 14.7. The molecular weight excluding hydrogens is 324 g/mol. The van der Waals surface area contributed by atoms with E-state index in [-0.39, 0.29) is 10.8 Å². The molecule has 0 saturated heterocycles. The maximum atomic E-state index is 12.3. The first-order valence-electron chi connectivity index (χ1n) is 7.47. The molecule has 3 aromatic rings. The summed E-state index contributed by atoms with van der Waals surface area (Å²) < 4.78 is 28.6. The molecule has 3 rings (SSSR count). The van der Waals surface area contributed by atoms with Gasteiger partial charge in [0, 0.05) is 0 Å². The molecule has 0 aliphatic heterocycles. The number of sulfonamides is 1. The Balaban J connectivity index is 1.73. The second-order valence-electron chi connectivity index (χ2n) is 5.67. The summed E-state index contributed by atoms with van der Waals surface area (Å²) in [5.74, 6) is 0.0580. The third kappa shape index (κ3) is 3.80. The lowest BCUT2D eigenvalue weighted by molar-refractivity contribution is 0.600. The Morgan fingerprint density at radius 1 is 0.958 bits per heavy atom. The summed E-state index contributed by atoms with van der Waals surface area (Å²) >= 11 is 0. The first-order valence-corrected chi connectivity index (χ1v) is 8.95. The second kappa shape index (κ2) is 6.45. The summed E-state index contributed by atoms with van der Waals surface area (Å²) in [6.45, 7) is 4.45. The zero-order valence-corrected chi connectivity index (χ0v) is 14.3. The lowest BCUT2D eigenvalue weighted by Gasteiger charge is -2.05. The minimum absolute atomic E-state index is 0.0580. The van der Waals surface area contributed by atoms with Gasteiger partial charge in [0.15, 0.2) is 0 Å². The van der Waals surface area contributed by atoms with Crippen molar-refractivity contribution in [2.24, 2.45) is 0 Å². The molecule has 124 valence electrons. The van der Waals surface area contributed by atoms with Gasteiger partial charge in [0.05, 0.1) is 11.4 Å². The molecule has 6 nitrogen and oxygen atoms in total. The lowest BCUT2D eigenvalue weighted by atomic mass is 10.1. The van der Waals surface area contributed by atoms with Crippen LogP contribution in [0.4, 0.5) is 5.95 Å². The van der Waals surface area contributed by atoms with Crippen LogP contribution >= 0.6 is 0 Å². The van der Waals surface area contributed by atoms with Crippen LogP contribution in [0.3, 0.4) is 0 Å². The SMILES string of the molecule is Cc1ccc(Cn2cnc(NS(=O)(=O)c3ccc(C)cc3)n2)cc1. The van der Waals surface area contributed by atoms with Crippen LogP contribution in [-0.2, 0) is 16.6 Å². The van der Waals surface area contributed by atoms with Crippen molar-refractivity contribution in [3.63, 3.8) is 0 Å². The van der Waals surface area contributed by atoms with Gasteiger partial charge in [-0.3, -0.25) is 0 Å². The standard InChI is InChI=1S/C17H18N4O2S/c1-13-3-7-15(8-4-13)11-21-12-18-17(19-21)20-24(22,23)16-9-5-14(2)6-10-16/h3-10,12H,11H2,1-2H3,(H,19,20). The van der Waals surface area contributed by atoms with Crippen LogP contribution in [0.5, 0.6) is 0 Å². The summed E-state index contributed by atoms with van der Waals surface area (Å²) in [4.78, 5) is 4.20. The smallest absolute Gasteiger partial charge is 0.246 e. The minimum Gasteiger partial charge on any atom is -0.246 e. The molecule has 0 atom stereocenters. The molecule has 0 spiro atoms. The average Bonchev–Trinajstić information content (AvgIpc) is 2.96. The predicted molar refractivity (Wildman–Crippen MR) is 92.3 cm³/mol. The van der Waals surface area contributed by atoms with E-state index in [0.717, 1.165) is 11.1 Å². The predicted octanol–water partition coefficient (Wildman–Crippen LogP) is 2.74. The van der Waals surface area contributed by atoms with Gasteiger partial charge in [0.2, 0.25) is 0 Å². The van der Waals surface area contributed by atoms with Gasteiger partial charge in [0.1, 0.15) is 6.33 Å². The number of aryl methyl sites for hydroxylation is 2. The Labute approximate surface area is 141 Å². The number of rotatable bonds is 5. The van der Waals surface area contributed by atoms with E-state index in [4.69, 9.17) is 0 Å². The molecule has 0 unspecified atom stereocenters. The molecule has 24 heavy (non-hydrogen) atoms. The Morgan fingerprint density at radius 2 is 1.54 bits per heavy atom. The van der Waals surface area contributed by atoms with Crippen LogP contribution in [0.25, 0.3) is 0 Å². The largest absolute Gasteiger partial charge is 0.264 e. The number of hydrogen-bond donors (Lipinski definition) is 1. The molecule has 0 radical (unpaired) electrons. The van der Waals surface area contributed by atoms with Crippen LogP contribution in [0, 0.1) is 13.8 Å². The highest BCUT2D eigenvalue weighted by Crippen LogP contribution is 2.14. The van der Waals surface area contributed by atoms with Gasteiger partial charge in [-0.05, 0) is 31.5 Å². The molecule has 1 aromatic heterocycles. The van der Waals surface area contributed by atoms with Crippen LogP contribution < -0.4 is 4.72 Å². The molecule has 0 aliphatic carbocycles. The van der Waals surface area contributed by atoms with E-state index >= 15 is 0 Å². The van der Waals surface area contributed by atoms with Crippen molar-refractivity contribution in [2.45, 2.75) is 25.3 Å². The first-order chi connectivity index (χ1) is 11.4. The van der Waals surface area contributed by atoms with E-state index in [1.807, 2.05) is 38.1 Å². The zero-order chi connectivity index (χ0) is 17.2. The Bertz CT molecular complexity index is 929. The van der Waals surface area contributed by atoms with Crippen molar-refractivity contribution in [2.75, 3.05) is 4.72 Å². The molecular formula is C17H18N4O2S. The molecule has 0 amide bonds. The van der Waals surface area contributed by atoms with Gasteiger partial charge in [0.25, 0.3) is 16.0 Å². The van der Waals surface area contributed by atoms with E-state index in [0.29, 0.717) is 6.54 Å². The van der Waals surface area contributed by atoms with E-state index in [1.54, 1.807) is 28.9 Å². The Kier molecular flexibility index (Phi) is 4.35. The summed E-state index contributed by atoms with van der Waals surface area (Å²) in [6.07, 6.45) is 1.51. The third-order valence-corrected chi connectivity index (χ3v) is 4.90. The highest BCUT2D eigenvalue weighted by Gasteiger charge is 2.16. The topological polar surface area (TPSA) is 76.9 Å².